The molecule has 0 saturated carbocycles. The van der Waals surface area contributed by atoms with Crippen molar-refractivity contribution in [1.82, 2.24) is 4.90 Å². The molecule has 0 aliphatic carbocycles. The Morgan fingerprint density at radius 3 is 2.53 bits per heavy atom. The molecule has 0 spiro atoms. The van der Waals surface area contributed by atoms with Crippen molar-refractivity contribution in [3.63, 3.8) is 0 Å². The second-order valence-electron chi connectivity index (χ2n) is 3.27. The molecule has 0 saturated heterocycles. The highest BCUT2D eigenvalue weighted by Crippen LogP contribution is 2.07. The topological polar surface area (TPSA) is 57.6 Å². The van der Waals surface area contributed by atoms with Crippen LogP contribution in [-0.4, -0.2) is 28.4 Å². The van der Waals surface area contributed by atoms with Crippen LogP contribution in [0.2, 0.25) is 0 Å². The minimum Gasteiger partial charge on any atom is -0.465 e. The highest BCUT2D eigenvalue weighted by molar-refractivity contribution is 5.71. The number of aldehydes is 1. The number of benzene rings is 1. The monoisotopic (exact) mass is 207 g/mol. The number of amides is 1. The molecule has 80 valence electrons. The second kappa shape index (κ2) is 5.14. The first kappa shape index (κ1) is 11.2. The Kier molecular flexibility index (Phi) is 3.85. The van der Waals surface area contributed by atoms with Gasteiger partial charge in [0.1, 0.15) is 6.29 Å². The summed E-state index contributed by atoms with van der Waals surface area (Å²) >= 11 is 0. The number of nitrogens with zero attached hydrogens (tertiary/aromatic N) is 1. The molecule has 1 aromatic rings. The lowest BCUT2D eigenvalue weighted by Crippen LogP contribution is -2.37. The third-order valence-corrected chi connectivity index (χ3v) is 2.13. The van der Waals surface area contributed by atoms with E-state index in [1.807, 2.05) is 30.3 Å². The molecule has 15 heavy (non-hydrogen) atoms. The Bertz CT molecular complexity index is 337. The lowest BCUT2D eigenvalue weighted by Gasteiger charge is -2.22. The van der Waals surface area contributed by atoms with Crippen LogP contribution in [0.4, 0.5) is 4.79 Å². The summed E-state index contributed by atoms with van der Waals surface area (Å²) < 4.78 is 0. The van der Waals surface area contributed by atoms with Crippen LogP contribution in [0.1, 0.15) is 12.5 Å². The maximum absolute atomic E-state index is 10.9. The van der Waals surface area contributed by atoms with E-state index in [0.717, 1.165) is 10.5 Å². The quantitative estimate of drug-likeness (QED) is 0.765. The molecule has 4 heteroatoms. The molecular weight excluding hydrogens is 194 g/mol. The largest absolute Gasteiger partial charge is 0.465 e. The van der Waals surface area contributed by atoms with Crippen molar-refractivity contribution in [2.24, 2.45) is 0 Å². The maximum Gasteiger partial charge on any atom is 0.408 e. The van der Waals surface area contributed by atoms with E-state index < -0.39 is 12.1 Å². The van der Waals surface area contributed by atoms with Crippen LogP contribution in [0.3, 0.4) is 0 Å². The van der Waals surface area contributed by atoms with Crippen LogP contribution in [0.15, 0.2) is 30.3 Å². The van der Waals surface area contributed by atoms with E-state index in [1.54, 1.807) is 6.92 Å². The molecule has 0 fully saturated rings. The summed E-state index contributed by atoms with van der Waals surface area (Å²) in [5.74, 6) is 0. The summed E-state index contributed by atoms with van der Waals surface area (Å²) in [6.45, 7) is 1.79. The fourth-order valence-corrected chi connectivity index (χ4v) is 1.24. The first-order chi connectivity index (χ1) is 7.15. The third kappa shape index (κ3) is 3.09. The standard InChI is InChI=1S/C11H13NO3/c1-9(8-13)12(11(14)15)7-10-5-3-2-4-6-10/h2-6,8-9H,7H2,1H3,(H,14,15)/t9-/m1/s1. The van der Waals surface area contributed by atoms with Gasteiger partial charge >= 0.3 is 6.09 Å². The average Bonchev–Trinajstić information content (AvgIpc) is 2.26. The van der Waals surface area contributed by atoms with Gasteiger partial charge in [-0.1, -0.05) is 30.3 Å². The smallest absolute Gasteiger partial charge is 0.408 e. The summed E-state index contributed by atoms with van der Waals surface area (Å²) in [5, 5.41) is 8.90. The van der Waals surface area contributed by atoms with Gasteiger partial charge in [-0.3, -0.25) is 4.90 Å². The van der Waals surface area contributed by atoms with Crippen LogP contribution >= 0.6 is 0 Å². The number of hydrogen-bond acceptors (Lipinski definition) is 2. The van der Waals surface area contributed by atoms with Crippen molar-refractivity contribution in [2.45, 2.75) is 19.5 Å². The SMILES string of the molecule is C[C@H](C=O)N(Cc1ccccc1)C(=O)O. The lowest BCUT2D eigenvalue weighted by atomic mass is 10.2. The summed E-state index contributed by atoms with van der Waals surface area (Å²) in [4.78, 5) is 22.5. The Hall–Kier alpha value is -1.84. The molecule has 1 atom stereocenters. The van der Waals surface area contributed by atoms with E-state index in [1.165, 1.54) is 0 Å². The van der Waals surface area contributed by atoms with Crippen molar-refractivity contribution in [1.29, 1.82) is 0 Å². The zero-order valence-corrected chi connectivity index (χ0v) is 8.46. The average molecular weight is 207 g/mol. The Labute approximate surface area is 88.1 Å². The molecule has 0 bridgehead atoms. The van der Waals surface area contributed by atoms with Crippen molar-refractivity contribution >= 4 is 12.4 Å². The van der Waals surface area contributed by atoms with Crippen LogP contribution in [-0.2, 0) is 11.3 Å². The Balaban J connectivity index is 2.76. The van der Waals surface area contributed by atoms with Crippen LogP contribution in [0.5, 0.6) is 0 Å². The van der Waals surface area contributed by atoms with E-state index in [-0.39, 0.29) is 6.54 Å². The van der Waals surface area contributed by atoms with E-state index >= 15 is 0 Å². The zero-order chi connectivity index (χ0) is 11.3. The molecule has 0 aliphatic rings. The highest BCUT2D eigenvalue weighted by atomic mass is 16.4. The van der Waals surface area contributed by atoms with Gasteiger partial charge < -0.3 is 9.90 Å². The van der Waals surface area contributed by atoms with Gasteiger partial charge in [-0.2, -0.15) is 0 Å². The van der Waals surface area contributed by atoms with E-state index in [2.05, 4.69) is 0 Å². The first-order valence-corrected chi connectivity index (χ1v) is 4.64. The molecule has 0 aliphatic heterocycles. The maximum atomic E-state index is 10.9. The number of carbonyl (C=O) groups excluding carboxylic acids is 1. The van der Waals surface area contributed by atoms with Gasteiger partial charge in [0.15, 0.2) is 0 Å². The summed E-state index contributed by atoms with van der Waals surface area (Å²) in [6.07, 6.45) is -0.463. The molecular formula is C11H13NO3. The van der Waals surface area contributed by atoms with Gasteiger partial charge in [0.2, 0.25) is 0 Å². The molecule has 0 aromatic heterocycles. The molecule has 4 nitrogen and oxygen atoms in total. The minimum absolute atomic E-state index is 0.232. The van der Waals surface area contributed by atoms with E-state index in [4.69, 9.17) is 5.11 Å². The van der Waals surface area contributed by atoms with E-state index in [9.17, 15) is 9.59 Å². The predicted octanol–water partition coefficient (Wildman–Crippen LogP) is 1.75. The Morgan fingerprint density at radius 2 is 2.07 bits per heavy atom. The fraction of sp³-hybridized carbons (Fsp3) is 0.273. The molecule has 1 aromatic carbocycles. The van der Waals surface area contributed by atoms with Crippen LogP contribution in [0, 0.1) is 0 Å². The number of rotatable bonds is 4. The van der Waals surface area contributed by atoms with E-state index in [0.29, 0.717) is 6.29 Å². The first-order valence-electron chi connectivity index (χ1n) is 4.64. The van der Waals surface area contributed by atoms with Gasteiger partial charge in [0.05, 0.1) is 6.04 Å². The molecule has 0 unspecified atom stereocenters. The van der Waals surface area contributed by atoms with Gasteiger partial charge in [-0.25, -0.2) is 4.79 Å². The fourth-order valence-electron chi connectivity index (χ4n) is 1.24. The van der Waals surface area contributed by atoms with Gasteiger partial charge in [-0.05, 0) is 12.5 Å². The highest BCUT2D eigenvalue weighted by Gasteiger charge is 2.18. The molecule has 0 radical (unpaired) electrons. The Morgan fingerprint density at radius 1 is 1.47 bits per heavy atom. The summed E-state index contributed by atoms with van der Waals surface area (Å²) in [5.41, 5.74) is 0.869. The number of carboxylic acid groups (broad SMARTS) is 1. The molecule has 1 N–H and O–H groups in total. The number of hydrogen-bond donors (Lipinski definition) is 1. The van der Waals surface area contributed by atoms with Gasteiger partial charge in [-0.15, -0.1) is 0 Å². The predicted molar refractivity (Wildman–Crippen MR) is 55.5 cm³/mol. The van der Waals surface area contributed by atoms with Crippen molar-refractivity contribution in [3.05, 3.63) is 35.9 Å². The van der Waals surface area contributed by atoms with Gasteiger partial charge in [0.25, 0.3) is 0 Å². The molecule has 1 amide bonds. The minimum atomic E-state index is -1.08. The third-order valence-electron chi connectivity index (χ3n) is 2.13. The van der Waals surface area contributed by atoms with Crippen LogP contribution < -0.4 is 0 Å². The van der Waals surface area contributed by atoms with Crippen molar-refractivity contribution in [2.75, 3.05) is 0 Å². The summed E-state index contributed by atoms with van der Waals surface area (Å²) in [7, 11) is 0. The zero-order valence-electron chi connectivity index (χ0n) is 8.46. The number of carbonyl (C=O) groups is 2. The second-order valence-corrected chi connectivity index (χ2v) is 3.27. The van der Waals surface area contributed by atoms with Crippen molar-refractivity contribution in [3.8, 4) is 0 Å². The normalized spacial score (nSPS) is 11.8. The summed E-state index contributed by atoms with van der Waals surface area (Å²) in [6, 6.07) is 8.56. The molecule has 1 rings (SSSR count). The van der Waals surface area contributed by atoms with Crippen LogP contribution in [0.25, 0.3) is 0 Å². The van der Waals surface area contributed by atoms with Crippen molar-refractivity contribution < 1.29 is 14.7 Å². The van der Waals surface area contributed by atoms with Gasteiger partial charge in [0, 0.05) is 6.54 Å². The molecule has 0 heterocycles. The lowest BCUT2D eigenvalue weighted by molar-refractivity contribution is -0.111.